The van der Waals surface area contributed by atoms with E-state index < -0.39 is 5.97 Å². The predicted octanol–water partition coefficient (Wildman–Crippen LogP) is 8.66. The molecule has 0 aliphatic carbocycles. The fraction of sp³-hybridized carbons (Fsp3) is 0. The van der Waals surface area contributed by atoms with Gasteiger partial charge in [-0.3, -0.25) is 4.98 Å². The highest BCUT2D eigenvalue weighted by atomic mass is 32.1. The molecule has 0 spiro atoms. The summed E-state index contributed by atoms with van der Waals surface area (Å²) in [5.41, 5.74) is 8.15. The zero-order valence-corrected chi connectivity index (χ0v) is 20.1. The molecule has 172 valence electrons. The highest BCUT2D eigenvalue weighted by Gasteiger charge is 2.18. The molecule has 6 aromatic rings. The second-order valence-corrected chi connectivity index (χ2v) is 9.62. The quantitative estimate of drug-likeness (QED) is 0.267. The van der Waals surface area contributed by atoms with E-state index >= 15 is 0 Å². The summed E-state index contributed by atoms with van der Waals surface area (Å²) in [5.74, 6) is -0.927. The lowest BCUT2D eigenvalue weighted by atomic mass is 9.96. The number of thiophene rings is 1. The number of aromatic nitrogens is 1. The van der Waals surface area contributed by atoms with E-state index in [-0.39, 0.29) is 0 Å². The lowest BCUT2D eigenvalue weighted by molar-refractivity contribution is 0.0702. The Kier molecular flexibility index (Phi) is 5.64. The van der Waals surface area contributed by atoms with Crippen LogP contribution in [0.3, 0.4) is 0 Å². The van der Waals surface area contributed by atoms with E-state index in [0.717, 1.165) is 54.7 Å². The lowest BCUT2D eigenvalue weighted by Gasteiger charge is -2.11. The summed E-state index contributed by atoms with van der Waals surface area (Å²) >= 11 is 1.28. The van der Waals surface area contributed by atoms with Gasteiger partial charge in [0.05, 0.1) is 10.4 Å². The Balaban J connectivity index is 1.52. The van der Waals surface area contributed by atoms with Gasteiger partial charge in [0.15, 0.2) is 0 Å². The SMILES string of the molecule is O=C(O)c1cc2c(-c3cccc(-c4ccccc4)c3)cnc(-c3cccc(-c4ccccc4)c3)c2s1. The summed E-state index contributed by atoms with van der Waals surface area (Å²) in [7, 11) is 0. The van der Waals surface area contributed by atoms with Gasteiger partial charge >= 0.3 is 5.97 Å². The van der Waals surface area contributed by atoms with E-state index in [4.69, 9.17) is 4.98 Å². The number of carboxylic acids is 1. The third-order valence-electron chi connectivity index (χ3n) is 6.29. The van der Waals surface area contributed by atoms with Crippen molar-refractivity contribution in [3.05, 3.63) is 126 Å². The molecule has 6 rings (SSSR count). The van der Waals surface area contributed by atoms with Gasteiger partial charge in [-0.2, -0.15) is 0 Å². The first-order valence-corrected chi connectivity index (χ1v) is 12.5. The van der Waals surface area contributed by atoms with E-state index in [1.807, 2.05) is 60.8 Å². The van der Waals surface area contributed by atoms with E-state index in [0.29, 0.717) is 4.88 Å². The molecule has 0 saturated heterocycles. The summed E-state index contributed by atoms with van der Waals surface area (Å²) < 4.78 is 0.875. The number of aromatic carboxylic acids is 1. The normalized spacial score (nSPS) is 11.0. The first-order chi connectivity index (χ1) is 17.7. The number of hydrogen-bond donors (Lipinski definition) is 1. The van der Waals surface area contributed by atoms with Crippen molar-refractivity contribution in [1.29, 1.82) is 0 Å². The third-order valence-corrected chi connectivity index (χ3v) is 7.42. The van der Waals surface area contributed by atoms with Gasteiger partial charge in [-0.15, -0.1) is 11.3 Å². The molecule has 0 radical (unpaired) electrons. The fourth-order valence-electron chi connectivity index (χ4n) is 4.54. The summed E-state index contributed by atoms with van der Waals surface area (Å²) in [6, 6.07) is 38.8. The van der Waals surface area contributed by atoms with Crippen LogP contribution >= 0.6 is 11.3 Å². The molecule has 0 saturated carbocycles. The van der Waals surface area contributed by atoms with Crippen LogP contribution in [0, 0.1) is 0 Å². The van der Waals surface area contributed by atoms with E-state index in [2.05, 4.69) is 54.6 Å². The smallest absolute Gasteiger partial charge is 0.345 e. The van der Waals surface area contributed by atoms with Crippen molar-refractivity contribution in [2.24, 2.45) is 0 Å². The molecule has 36 heavy (non-hydrogen) atoms. The van der Waals surface area contributed by atoms with Crippen LogP contribution in [0.15, 0.2) is 121 Å². The van der Waals surface area contributed by atoms with Crippen LogP contribution in [0.4, 0.5) is 0 Å². The van der Waals surface area contributed by atoms with Crippen molar-refractivity contribution < 1.29 is 9.90 Å². The molecule has 2 heterocycles. The molecule has 4 heteroatoms. The van der Waals surface area contributed by atoms with Gasteiger partial charge in [0, 0.05) is 22.7 Å². The fourth-order valence-corrected chi connectivity index (χ4v) is 5.57. The Hall–Kier alpha value is -4.54. The van der Waals surface area contributed by atoms with Gasteiger partial charge in [-0.05, 0) is 46.0 Å². The van der Waals surface area contributed by atoms with Gasteiger partial charge in [-0.25, -0.2) is 4.79 Å². The maximum atomic E-state index is 11.9. The molecule has 0 atom stereocenters. The zero-order valence-electron chi connectivity index (χ0n) is 19.3. The Labute approximate surface area is 213 Å². The number of rotatable bonds is 5. The molecule has 0 fully saturated rings. The maximum Gasteiger partial charge on any atom is 0.345 e. The molecule has 0 amide bonds. The molecule has 0 aliphatic rings. The molecular formula is C32H21NO2S. The molecule has 3 nitrogen and oxygen atoms in total. The zero-order chi connectivity index (χ0) is 24.5. The molecular weight excluding hydrogens is 462 g/mol. The minimum atomic E-state index is -0.927. The highest BCUT2D eigenvalue weighted by molar-refractivity contribution is 7.21. The number of fused-ring (bicyclic) bond motifs is 1. The first kappa shape index (κ1) is 22.0. The average molecular weight is 484 g/mol. The molecule has 0 aliphatic heterocycles. The Bertz CT molecular complexity index is 1590. The molecule has 2 aromatic heterocycles. The number of carbonyl (C=O) groups is 1. The molecule has 4 aromatic carbocycles. The number of pyridine rings is 1. The largest absolute Gasteiger partial charge is 0.477 e. The second-order valence-electron chi connectivity index (χ2n) is 8.57. The monoisotopic (exact) mass is 483 g/mol. The van der Waals surface area contributed by atoms with Crippen molar-refractivity contribution in [1.82, 2.24) is 4.98 Å². The van der Waals surface area contributed by atoms with Crippen molar-refractivity contribution in [2.45, 2.75) is 0 Å². The highest BCUT2D eigenvalue weighted by Crippen LogP contribution is 2.40. The summed E-state index contributed by atoms with van der Waals surface area (Å²) in [4.78, 5) is 17.1. The van der Waals surface area contributed by atoms with Crippen molar-refractivity contribution in [2.75, 3.05) is 0 Å². The van der Waals surface area contributed by atoms with E-state index in [1.165, 1.54) is 11.3 Å². The minimum absolute atomic E-state index is 0.305. The summed E-state index contributed by atoms with van der Waals surface area (Å²) in [6.07, 6.45) is 1.87. The topological polar surface area (TPSA) is 50.2 Å². The second kappa shape index (κ2) is 9.25. The van der Waals surface area contributed by atoms with Gasteiger partial charge < -0.3 is 5.11 Å². The van der Waals surface area contributed by atoms with E-state index in [9.17, 15) is 9.90 Å². The van der Waals surface area contributed by atoms with Crippen LogP contribution in [-0.4, -0.2) is 16.1 Å². The summed E-state index contributed by atoms with van der Waals surface area (Å²) in [6.45, 7) is 0. The Morgan fingerprint density at radius 3 is 1.75 bits per heavy atom. The van der Waals surface area contributed by atoms with Crippen molar-refractivity contribution in [3.63, 3.8) is 0 Å². The van der Waals surface area contributed by atoms with Crippen molar-refractivity contribution in [3.8, 4) is 44.6 Å². The minimum Gasteiger partial charge on any atom is -0.477 e. The van der Waals surface area contributed by atoms with Gasteiger partial charge in [-0.1, -0.05) is 97.1 Å². The Morgan fingerprint density at radius 1 is 0.611 bits per heavy atom. The standard InChI is InChI=1S/C32H21NO2S/c34-32(35)29-19-27-28(25-15-7-13-23(17-25)21-9-3-1-4-10-21)20-33-30(31(27)36-29)26-16-8-14-24(18-26)22-11-5-2-6-12-22/h1-20H,(H,34,35). The van der Waals surface area contributed by atoms with Crippen LogP contribution in [0.25, 0.3) is 54.7 Å². The number of benzene rings is 4. The Morgan fingerprint density at radius 2 is 1.14 bits per heavy atom. The number of hydrogen-bond acceptors (Lipinski definition) is 3. The lowest BCUT2D eigenvalue weighted by Crippen LogP contribution is -1.90. The van der Waals surface area contributed by atoms with Gasteiger partial charge in [0.2, 0.25) is 0 Å². The number of carboxylic acid groups (broad SMARTS) is 1. The maximum absolute atomic E-state index is 11.9. The number of nitrogens with zero attached hydrogens (tertiary/aromatic N) is 1. The van der Waals surface area contributed by atoms with Crippen LogP contribution in [-0.2, 0) is 0 Å². The van der Waals surface area contributed by atoms with Gasteiger partial charge in [0.25, 0.3) is 0 Å². The molecule has 0 unspecified atom stereocenters. The summed E-state index contributed by atoms with van der Waals surface area (Å²) in [5, 5.41) is 10.7. The molecule has 1 N–H and O–H groups in total. The van der Waals surface area contributed by atoms with Crippen LogP contribution in [0.2, 0.25) is 0 Å². The predicted molar refractivity (Wildman–Crippen MR) is 148 cm³/mol. The van der Waals surface area contributed by atoms with Crippen LogP contribution < -0.4 is 0 Å². The first-order valence-electron chi connectivity index (χ1n) is 11.6. The third kappa shape index (κ3) is 4.08. The van der Waals surface area contributed by atoms with Gasteiger partial charge in [0.1, 0.15) is 4.88 Å². The average Bonchev–Trinajstić information content (AvgIpc) is 3.40. The molecule has 0 bridgehead atoms. The van der Waals surface area contributed by atoms with Crippen molar-refractivity contribution >= 4 is 27.4 Å². The van der Waals surface area contributed by atoms with Crippen LogP contribution in [0.1, 0.15) is 9.67 Å². The van der Waals surface area contributed by atoms with Crippen LogP contribution in [0.5, 0.6) is 0 Å². The van der Waals surface area contributed by atoms with E-state index in [1.54, 1.807) is 6.07 Å².